The molecule has 10 heavy (non-hydrogen) atoms. The van der Waals surface area contributed by atoms with Gasteiger partial charge in [-0.2, -0.15) is 5.10 Å². The highest BCUT2D eigenvalue weighted by atomic mass is 15.2. The maximum atomic E-state index is 6.57. The Kier molecular flexibility index (Phi) is 1.86. The van der Waals surface area contributed by atoms with Crippen molar-refractivity contribution in [2.24, 2.45) is 0 Å². The number of hydrogen-bond acceptors (Lipinski definition) is 1. The highest BCUT2D eigenvalue weighted by Crippen LogP contribution is 1.98. The SMILES string of the molecule is [C-]#[N+]Cc1cnn(C=C)c1. The summed E-state index contributed by atoms with van der Waals surface area (Å²) in [4.78, 5) is 3.22. The van der Waals surface area contributed by atoms with E-state index < -0.39 is 0 Å². The highest BCUT2D eigenvalue weighted by molar-refractivity contribution is 5.18. The molecule has 0 aliphatic rings. The zero-order valence-corrected chi connectivity index (χ0v) is 5.49. The van der Waals surface area contributed by atoms with E-state index in [-0.39, 0.29) is 0 Å². The monoisotopic (exact) mass is 133 g/mol. The molecular weight excluding hydrogens is 126 g/mol. The smallest absolute Gasteiger partial charge is 0.242 e. The molecule has 1 aromatic heterocycles. The van der Waals surface area contributed by atoms with Crippen LogP contribution < -0.4 is 0 Å². The van der Waals surface area contributed by atoms with E-state index in [1.165, 1.54) is 0 Å². The first-order valence-electron chi connectivity index (χ1n) is 2.85. The van der Waals surface area contributed by atoms with Gasteiger partial charge in [-0.25, -0.2) is 11.3 Å². The van der Waals surface area contributed by atoms with Crippen LogP contribution in [0, 0.1) is 6.57 Å². The molecule has 0 atom stereocenters. The summed E-state index contributed by atoms with van der Waals surface area (Å²) in [7, 11) is 0. The molecule has 0 fully saturated rings. The second kappa shape index (κ2) is 2.83. The zero-order chi connectivity index (χ0) is 7.40. The fourth-order valence-corrected chi connectivity index (χ4v) is 0.650. The summed E-state index contributed by atoms with van der Waals surface area (Å²) in [6.07, 6.45) is 5.04. The van der Waals surface area contributed by atoms with Crippen molar-refractivity contribution in [1.82, 2.24) is 9.78 Å². The molecule has 1 aromatic rings. The predicted molar refractivity (Wildman–Crippen MR) is 38.9 cm³/mol. The first-order valence-corrected chi connectivity index (χ1v) is 2.85. The van der Waals surface area contributed by atoms with Crippen molar-refractivity contribution in [1.29, 1.82) is 0 Å². The lowest BCUT2D eigenvalue weighted by Crippen LogP contribution is -1.81. The number of rotatable bonds is 2. The fraction of sp³-hybridized carbons (Fsp3) is 0.143. The van der Waals surface area contributed by atoms with E-state index in [1.54, 1.807) is 23.3 Å². The highest BCUT2D eigenvalue weighted by Gasteiger charge is 1.95. The molecule has 0 amide bonds. The second-order valence-electron chi connectivity index (χ2n) is 1.83. The van der Waals surface area contributed by atoms with Gasteiger partial charge in [0.15, 0.2) is 0 Å². The van der Waals surface area contributed by atoms with E-state index in [2.05, 4.69) is 16.5 Å². The van der Waals surface area contributed by atoms with Crippen molar-refractivity contribution in [3.63, 3.8) is 0 Å². The van der Waals surface area contributed by atoms with E-state index in [0.29, 0.717) is 6.54 Å². The molecule has 0 radical (unpaired) electrons. The maximum absolute atomic E-state index is 6.57. The first kappa shape index (κ1) is 6.56. The Balaban J connectivity index is 2.80. The van der Waals surface area contributed by atoms with Crippen LogP contribution in [0.3, 0.4) is 0 Å². The Morgan fingerprint density at radius 2 is 2.70 bits per heavy atom. The Labute approximate surface area is 59.4 Å². The normalized spacial score (nSPS) is 8.70. The topological polar surface area (TPSA) is 22.2 Å². The third-order valence-electron chi connectivity index (χ3n) is 1.10. The van der Waals surface area contributed by atoms with Crippen molar-refractivity contribution in [2.45, 2.75) is 6.54 Å². The van der Waals surface area contributed by atoms with Gasteiger partial charge in [0.05, 0.1) is 11.8 Å². The quantitative estimate of drug-likeness (QED) is 0.559. The van der Waals surface area contributed by atoms with Gasteiger partial charge in [-0.3, -0.25) is 0 Å². The molecule has 0 unspecified atom stereocenters. The number of nitrogens with zero attached hydrogens (tertiary/aromatic N) is 3. The Morgan fingerprint density at radius 1 is 1.90 bits per heavy atom. The van der Waals surface area contributed by atoms with Crippen molar-refractivity contribution >= 4 is 6.20 Å². The molecule has 0 N–H and O–H groups in total. The summed E-state index contributed by atoms with van der Waals surface area (Å²) < 4.78 is 1.58. The lowest BCUT2D eigenvalue weighted by molar-refractivity contribution is 0.936. The Bertz CT molecular complexity index is 267. The summed E-state index contributed by atoms with van der Waals surface area (Å²) >= 11 is 0. The molecule has 0 aliphatic carbocycles. The van der Waals surface area contributed by atoms with Crippen molar-refractivity contribution < 1.29 is 0 Å². The van der Waals surface area contributed by atoms with Gasteiger partial charge in [0.25, 0.3) is 0 Å². The summed E-state index contributed by atoms with van der Waals surface area (Å²) in [6.45, 7) is 10.5. The van der Waals surface area contributed by atoms with Crippen LogP contribution in [0.1, 0.15) is 5.56 Å². The van der Waals surface area contributed by atoms with Gasteiger partial charge < -0.3 is 4.85 Å². The van der Waals surface area contributed by atoms with Crippen LogP contribution in [-0.2, 0) is 6.54 Å². The Morgan fingerprint density at radius 3 is 3.20 bits per heavy atom. The van der Waals surface area contributed by atoms with E-state index >= 15 is 0 Å². The molecule has 0 spiro atoms. The van der Waals surface area contributed by atoms with E-state index in [1.807, 2.05) is 0 Å². The average molecular weight is 133 g/mol. The van der Waals surface area contributed by atoms with Gasteiger partial charge in [-0.1, -0.05) is 6.58 Å². The molecule has 0 aliphatic heterocycles. The number of aromatic nitrogens is 2. The van der Waals surface area contributed by atoms with E-state index in [4.69, 9.17) is 6.57 Å². The van der Waals surface area contributed by atoms with E-state index in [0.717, 1.165) is 5.56 Å². The van der Waals surface area contributed by atoms with Gasteiger partial charge in [-0.15, -0.1) is 0 Å². The van der Waals surface area contributed by atoms with E-state index in [9.17, 15) is 0 Å². The van der Waals surface area contributed by atoms with Crippen molar-refractivity contribution in [2.75, 3.05) is 0 Å². The van der Waals surface area contributed by atoms with Crippen LogP contribution in [0.2, 0.25) is 0 Å². The largest absolute Gasteiger partial charge is 0.312 e. The van der Waals surface area contributed by atoms with Crippen LogP contribution in [0.5, 0.6) is 0 Å². The average Bonchev–Trinajstić information content (AvgIpc) is 2.37. The van der Waals surface area contributed by atoms with Gasteiger partial charge in [-0.05, 0) is 0 Å². The van der Waals surface area contributed by atoms with Crippen LogP contribution in [0.15, 0.2) is 19.0 Å². The third-order valence-corrected chi connectivity index (χ3v) is 1.10. The summed E-state index contributed by atoms with van der Waals surface area (Å²) in [6, 6.07) is 0. The Hall–Kier alpha value is -1.56. The molecule has 0 bridgehead atoms. The molecule has 0 saturated heterocycles. The minimum Gasteiger partial charge on any atom is -0.312 e. The van der Waals surface area contributed by atoms with Crippen molar-refractivity contribution in [3.05, 3.63) is 36.0 Å². The minimum atomic E-state index is 0.397. The molecule has 50 valence electrons. The van der Waals surface area contributed by atoms with Gasteiger partial charge >= 0.3 is 0 Å². The fourth-order valence-electron chi connectivity index (χ4n) is 0.650. The molecule has 1 heterocycles. The standard InChI is InChI=1S/C7H7N3/c1-3-10-6-7(4-8-2)5-9-10/h3,5-6H,1,4H2. The summed E-state index contributed by atoms with van der Waals surface area (Å²) in [5.41, 5.74) is 0.926. The first-order chi connectivity index (χ1) is 4.86. The molecular formula is C7H7N3. The van der Waals surface area contributed by atoms with Crippen LogP contribution >= 0.6 is 0 Å². The van der Waals surface area contributed by atoms with Gasteiger partial charge in [0.1, 0.15) is 0 Å². The summed E-state index contributed by atoms with van der Waals surface area (Å²) in [5.74, 6) is 0. The van der Waals surface area contributed by atoms with Gasteiger partial charge in [0.2, 0.25) is 6.54 Å². The van der Waals surface area contributed by atoms with Crippen molar-refractivity contribution in [3.8, 4) is 0 Å². The lowest BCUT2D eigenvalue weighted by Gasteiger charge is -1.82. The molecule has 1 rings (SSSR count). The van der Waals surface area contributed by atoms with Gasteiger partial charge in [0, 0.05) is 12.4 Å². The molecule has 0 aromatic carbocycles. The molecule has 0 saturated carbocycles. The van der Waals surface area contributed by atoms with Crippen LogP contribution in [0.25, 0.3) is 11.0 Å². The minimum absolute atomic E-state index is 0.397. The third kappa shape index (κ3) is 1.23. The summed E-state index contributed by atoms with van der Waals surface area (Å²) in [5, 5.41) is 3.91. The molecule has 3 heteroatoms. The predicted octanol–water partition coefficient (Wildman–Crippen LogP) is 1.40. The second-order valence-corrected chi connectivity index (χ2v) is 1.83. The number of hydrogen-bond donors (Lipinski definition) is 0. The lowest BCUT2D eigenvalue weighted by atomic mass is 10.4. The molecule has 3 nitrogen and oxygen atoms in total. The van der Waals surface area contributed by atoms with Crippen LogP contribution in [0.4, 0.5) is 0 Å². The maximum Gasteiger partial charge on any atom is 0.242 e. The van der Waals surface area contributed by atoms with Crippen LogP contribution in [-0.4, -0.2) is 9.78 Å². The zero-order valence-electron chi connectivity index (χ0n) is 5.49.